The lowest BCUT2D eigenvalue weighted by molar-refractivity contribution is -0.124. The van der Waals surface area contributed by atoms with Crippen LogP contribution in [0.4, 0.5) is 0 Å². The lowest BCUT2D eigenvalue weighted by Gasteiger charge is -2.12. The van der Waals surface area contributed by atoms with Gasteiger partial charge in [-0.1, -0.05) is 0 Å². The number of aromatic nitrogens is 4. The summed E-state index contributed by atoms with van der Waals surface area (Å²) in [6.07, 6.45) is 3.63. The lowest BCUT2D eigenvalue weighted by Crippen LogP contribution is -2.31. The molecular formula is C14H21N5O. The minimum absolute atomic E-state index is 0.0447. The van der Waals surface area contributed by atoms with E-state index in [1.54, 1.807) is 4.68 Å². The first-order valence-corrected chi connectivity index (χ1v) is 6.83. The zero-order chi connectivity index (χ0) is 14.7. The molecule has 2 rings (SSSR count). The summed E-state index contributed by atoms with van der Waals surface area (Å²) in [6.45, 7) is 9.13. The fraction of sp³-hybridized carbons (Fsp3) is 0.500. The van der Waals surface area contributed by atoms with Gasteiger partial charge >= 0.3 is 0 Å². The van der Waals surface area contributed by atoms with E-state index in [0.29, 0.717) is 6.54 Å². The first kappa shape index (κ1) is 14.3. The number of amides is 1. The topological polar surface area (TPSA) is 64.7 Å². The Kier molecular flexibility index (Phi) is 4.22. The molecule has 0 aliphatic rings. The smallest absolute Gasteiger partial charge is 0.244 e. The molecule has 108 valence electrons. The van der Waals surface area contributed by atoms with Gasteiger partial charge in [-0.15, -0.1) is 0 Å². The van der Waals surface area contributed by atoms with Crippen molar-refractivity contribution in [3.8, 4) is 0 Å². The molecule has 2 aromatic heterocycles. The molecule has 0 aliphatic heterocycles. The van der Waals surface area contributed by atoms with Crippen molar-refractivity contribution in [2.75, 3.05) is 0 Å². The fourth-order valence-corrected chi connectivity index (χ4v) is 2.08. The maximum absolute atomic E-state index is 12.1. The second-order valence-electron chi connectivity index (χ2n) is 4.90. The van der Waals surface area contributed by atoms with Crippen molar-refractivity contribution in [2.45, 2.75) is 46.8 Å². The van der Waals surface area contributed by atoms with Gasteiger partial charge in [-0.2, -0.15) is 10.2 Å². The molecule has 0 saturated heterocycles. The first-order chi connectivity index (χ1) is 9.52. The van der Waals surface area contributed by atoms with Crippen molar-refractivity contribution < 1.29 is 4.79 Å². The lowest BCUT2D eigenvalue weighted by atomic mass is 10.2. The molecule has 1 amide bonds. The summed E-state index contributed by atoms with van der Waals surface area (Å²) in [5.41, 5.74) is 3.05. The average molecular weight is 275 g/mol. The Hall–Kier alpha value is -2.11. The highest BCUT2D eigenvalue weighted by Gasteiger charge is 2.16. The van der Waals surface area contributed by atoms with E-state index in [4.69, 9.17) is 0 Å². The van der Waals surface area contributed by atoms with Crippen molar-refractivity contribution in [3.63, 3.8) is 0 Å². The molecule has 1 unspecified atom stereocenters. The molecule has 0 radical (unpaired) electrons. The second-order valence-corrected chi connectivity index (χ2v) is 4.90. The van der Waals surface area contributed by atoms with Crippen LogP contribution in [0.1, 0.15) is 36.8 Å². The monoisotopic (exact) mass is 275 g/mol. The number of hydrogen-bond acceptors (Lipinski definition) is 3. The van der Waals surface area contributed by atoms with Crippen LogP contribution < -0.4 is 5.32 Å². The van der Waals surface area contributed by atoms with Gasteiger partial charge in [0.1, 0.15) is 6.04 Å². The second kappa shape index (κ2) is 5.90. The molecule has 0 fully saturated rings. The van der Waals surface area contributed by atoms with E-state index in [1.807, 2.05) is 50.8 Å². The Balaban J connectivity index is 1.96. The number of hydrogen-bond donors (Lipinski definition) is 1. The van der Waals surface area contributed by atoms with Crippen LogP contribution in [0.15, 0.2) is 18.5 Å². The zero-order valence-electron chi connectivity index (χ0n) is 12.4. The van der Waals surface area contributed by atoms with E-state index < -0.39 is 0 Å². The van der Waals surface area contributed by atoms with Crippen LogP contribution in [0.25, 0.3) is 0 Å². The summed E-state index contributed by atoms with van der Waals surface area (Å²) in [4.78, 5) is 12.1. The standard InChI is InChI=1S/C14H21N5O/c1-5-18-11(3)13(9-16-18)8-15-14(20)12(4)19-7-6-10(2)17-19/h6-7,9,12H,5,8H2,1-4H3,(H,15,20). The van der Waals surface area contributed by atoms with E-state index in [1.165, 1.54) is 0 Å². The molecular weight excluding hydrogens is 254 g/mol. The predicted octanol–water partition coefficient (Wildman–Crippen LogP) is 1.59. The minimum Gasteiger partial charge on any atom is -0.350 e. The van der Waals surface area contributed by atoms with E-state index in [2.05, 4.69) is 15.5 Å². The van der Waals surface area contributed by atoms with Crippen LogP contribution in [0, 0.1) is 13.8 Å². The Morgan fingerprint density at radius 3 is 2.75 bits per heavy atom. The Morgan fingerprint density at radius 1 is 1.45 bits per heavy atom. The van der Waals surface area contributed by atoms with Gasteiger partial charge in [0, 0.05) is 30.5 Å². The minimum atomic E-state index is -0.315. The molecule has 6 nitrogen and oxygen atoms in total. The molecule has 20 heavy (non-hydrogen) atoms. The summed E-state index contributed by atoms with van der Waals surface area (Å²) in [6, 6.07) is 1.57. The third kappa shape index (κ3) is 2.89. The maximum atomic E-state index is 12.1. The normalized spacial score (nSPS) is 12.4. The SMILES string of the molecule is CCn1ncc(CNC(=O)C(C)n2ccc(C)n2)c1C. The maximum Gasteiger partial charge on any atom is 0.244 e. The molecule has 0 spiro atoms. The molecule has 0 saturated carbocycles. The summed E-state index contributed by atoms with van der Waals surface area (Å²) in [7, 11) is 0. The highest BCUT2D eigenvalue weighted by molar-refractivity contribution is 5.79. The number of carbonyl (C=O) groups is 1. The highest BCUT2D eigenvalue weighted by Crippen LogP contribution is 2.09. The number of nitrogens with one attached hydrogen (secondary N) is 1. The number of carbonyl (C=O) groups excluding carboxylic acids is 1. The van der Waals surface area contributed by atoms with Gasteiger partial charge in [0.05, 0.1) is 11.9 Å². The fourth-order valence-electron chi connectivity index (χ4n) is 2.08. The summed E-state index contributed by atoms with van der Waals surface area (Å²) >= 11 is 0. The van der Waals surface area contributed by atoms with Crippen molar-refractivity contribution in [1.82, 2.24) is 24.9 Å². The highest BCUT2D eigenvalue weighted by atomic mass is 16.2. The van der Waals surface area contributed by atoms with Crippen molar-refractivity contribution >= 4 is 5.91 Å². The summed E-state index contributed by atoms with van der Waals surface area (Å²) in [5.74, 6) is -0.0447. The first-order valence-electron chi connectivity index (χ1n) is 6.83. The Morgan fingerprint density at radius 2 is 2.20 bits per heavy atom. The van der Waals surface area contributed by atoms with Crippen LogP contribution in [-0.4, -0.2) is 25.5 Å². The number of rotatable bonds is 5. The quantitative estimate of drug-likeness (QED) is 0.901. The van der Waals surface area contributed by atoms with Gasteiger partial charge in [0.15, 0.2) is 0 Å². The van der Waals surface area contributed by atoms with E-state index in [-0.39, 0.29) is 11.9 Å². The summed E-state index contributed by atoms with van der Waals surface area (Å²) in [5, 5.41) is 11.5. The molecule has 6 heteroatoms. The van der Waals surface area contributed by atoms with Crippen molar-refractivity contribution in [2.24, 2.45) is 0 Å². The molecule has 2 heterocycles. The number of nitrogens with zero attached hydrogens (tertiary/aromatic N) is 4. The average Bonchev–Trinajstić information content (AvgIpc) is 3.01. The predicted molar refractivity (Wildman–Crippen MR) is 76.2 cm³/mol. The van der Waals surface area contributed by atoms with Crippen LogP contribution in [0.3, 0.4) is 0 Å². The van der Waals surface area contributed by atoms with Gasteiger partial charge in [0.25, 0.3) is 0 Å². The summed E-state index contributed by atoms with van der Waals surface area (Å²) < 4.78 is 3.59. The van der Waals surface area contributed by atoms with Gasteiger partial charge in [-0.3, -0.25) is 14.2 Å². The zero-order valence-corrected chi connectivity index (χ0v) is 12.4. The van der Waals surface area contributed by atoms with Crippen LogP contribution >= 0.6 is 0 Å². The van der Waals surface area contributed by atoms with Crippen molar-refractivity contribution in [3.05, 3.63) is 35.4 Å². The molecule has 2 aromatic rings. The molecule has 1 N–H and O–H groups in total. The molecule has 0 aliphatic carbocycles. The third-order valence-electron chi connectivity index (χ3n) is 3.48. The molecule has 0 bridgehead atoms. The number of aryl methyl sites for hydroxylation is 2. The largest absolute Gasteiger partial charge is 0.350 e. The van der Waals surface area contributed by atoms with Gasteiger partial charge < -0.3 is 5.32 Å². The molecule has 1 atom stereocenters. The van der Waals surface area contributed by atoms with E-state index in [9.17, 15) is 4.79 Å². The van der Waals surface area contributed by atoms with Crippen LogP contribution in [0.2, 0.25) is 0 Å². The van der Waals surface area contributed by atoms with E-state index in [0.717, 1.165) is 23.5 Å². The van der Waals surface area contributed by atoms with Crippen molar-refractivity contribution in [1.29, 1.82) is 0 Å². The van der Waals surface area contributed by atoms with Gasteiger partial charge in [-0.25, -0.2) is 0 Å². The molecule has 0 aromatic carbocycles. The Bertz CT molecular complexity index is 598. The Labute approximate surface area is 118 Å². The van der Waals surface area contributed by atoms with E-state index >= 15 is 0 Å². The third-order valence-corrected chi connectivity index (χ3v) is 3.48. The van der Waals surface area contributed by atoms with Crippen LogP contribution in [0.5, 0.6) is 0 Å². The van der Waals surface area contributed by atoms with Gasteiger partial charge in [0.2, 0.25) is 5.91 Å². The van der Waals surface area contributed by atoms with Gasteiger partial charge in [-0.05, 0) is 33.8 Å². The van der Waals surface area contributed by atoms with Crippen LogP contribution in [-0.2, 0) is 17.9 Å².